The van der Waals surface area contributed by atoms with Gasteiger partial charge < -0.3 is 4.90 Å². The summed E-state index contributed by atoms with van der Waals surface area (Å²) in [6.07, 6.45) is 6.28. The van der Waals surface area contributed by atoms with Crippen molar-refractivity contribution in [2.45, 2.75) is 13.3 Å². The maximum atomic E-state index is 13.6. The first-order valence-electron chi connectivity index (χ1n) is 9.18. The molecule has 3 rings (SSSR count). The average Bonchev–Trinajstić information content (AvgIpc) is 2.71. The normalized spacial score (nSPS) is 11.9. The van der Waals surface area contributed by atoms with Gasteiger partial charge in [-0.25, -0.2) is 4.98 Å². The molecule has 0 spiro atoms. The summed E-state index contributed by atoms with van der Waals surface area (Å²) >= 11 is 0. The summed E-state index contributed by atoms with van der Waals surface area (Å²) in [7, 11) is 3.81. The van der Waals surface area contributed by atoms with E-state index >= 15 is 0 Å². The van der Waals surface area contributed by atoms with Crippen LogP contribution in [-0.4, -0.2) is 34.8 Å². The summed E-state index contributed by atoms with van der Waals surface area (Å²) in [6, 6.07) is 15.2. The lowest BCUT2D eigenvalue weighted by Gasteiger charge is -2.20. The molecule has 0 saturated carbocycles. The van der Waals surface area contributed by atoms with Crippen molar-refractivity contribution in [3.63, 3.8) is 0 Å². The van der Waals surface area contributed by atoms with Crippen LogP contribution in [-0.2, 0) is 11.2 Å². The molecule has 3 aromatic rings. The molecule has 142 valence electrons. The van der Waals surface area contributed by atoms with E-state index in [2.05, 4.69) is 0 Å². The molecule has 0 amide bonds. The first-order valence-corrected chi connectivity index (χ1v) is 9.18. The number of allylic oxidation sites excluding steroid dienone is 3. The number of aryl methyl sites for hydroxylation is 1. The molecule has 28 heavy (non-hydrogen) atoms. The number of rotatable bonds is 6. The van der Waals surface area contributed by atoms with Crippen molar-refractivity contribution in [1.29, 1.82) is 0 Å². The Morgan fingerprint density at radius 3 is 2.46 bits per heavy atom. The van der Waals surface area contributed by atoms with Crippen molar-refractivity contribution in [3.05, 3.63) is 88.5 Å². The van der Waals surface area contributed by atoms with Gasteiger partial charge >= 0.3 is 0 Å². The molecule has 0 saturated heterocycles. The summed E-state index contributed by atoms with van der Waals surface area (Å²) in [5.41, 5.74) is 2.97. The molecule has 1 heterocycles. The Kier molecular flexibility index (Phi) is 5.84. The van der Waals surface area contributed by atoms with Crippen LogP contribution in [0.4, 0.5) is 0 Å². The van der Waals surface area contributed by atoms with Crippen LogP contribution in [0.2, 0.25) is 0 Å². The number of nitrogens with zero attached hydrogens (tertiary/aromatic N) is 3. The quantitative estimate of drug-likeness (QED) is 0.376. The number of carbonyl (C=O) groups excluding carboxylic acids is 1. The monoisotopic (exact) mass is 373 g/mol. The molecular weight excluding hydrogens is 350 g/mol. The minimum Gasteiger partial charge on any atom is -0.377 e. The number of aromatic nitrogens is 2. The Morgan fingerprint density at radius 1 is 1.07 bits per heavy atom. The van der Waals surface area contributed by atoms with Gasteiger partial charge in [0.15, 0.2) is 0 Å². The molecule has 2 aromatic carbocycles. The lowest BCUT2D eigenvalue weighted by molar-refractivity contribution is -0.104. The molecule has 5 nitrogen and oxygen atoms in total. The largest absolute Gasteiger partial charge is 0.377 e. The number of benzene rings is 2. The van der Waals surface area contributed by atoms with Gasteiger partial charge in [0.1, 0.15) is 12.1 Å². The number of hydrogen-bond donors (Lipinski definition) is 0. The zero-order valence-corrected chi connectivity index (χ0v) is 16.3. The first-order chi connectivity index (χ1) is 13.6. The van der Waals surface area contributed by atoms with Crippen molar-refractivity contribution in [3.8, 4) is 5.69 Å². The number of aldehydes is 1. The highest BCUT2D eigenvalue weighted by Gasteiger charge is 2.17. The fourth-order valence-electron chi connectivity index (χ4n) is 3.24. The highest BCUT2D eigenvalue weighted by atomic mass is 16.1. The zero-order valence-electron chi connectivity index (χ0n) is 16.3. The van der Waals surface area contributed by atoms with Gasteiger partial charge in [-0.3, -0.25) is 14.2 Å². The van der Waals surface area contributed by atoms with E-state index in [1.54, 1.807) is 10.6 Å². The van der Waals surface area contributed by atoms with Gasteiger partial charge in [-0.2, -0.15) is 0 Å². The maximum Gasteiger partial charge on any atom is 0.266 e. The molecule has 0 aliphatic carbocycles. The highest BCUT2D eigenvalue weighted by Crippen LogP contribution is 2.24. The van der Waals surface area contributed by atoms with Crippen molar-refractivity contribution >= 4 is 22.9 Å². The number of fused-ring (bicyclic) bond motifs is 1. The molecule has 0 radical (unpaired) electrons. The smallest absolute Gasteiger partial charge is 0.266 e. The van der Waals surface area contributed by atoms with E-state index in [0.717, 1.165) is 29.1 Å². The van der Waals surface area contributed by atoms with E-state index in [-0.39, 0.29) is 5.56 Å². The molecule has 0 aliphatic rings. The third-order valence-corrected chi connectivity index (χ3v) is 4.50. The fourth-order valence-corrected chi connectivity index (χ4v) is 3.24. The van der Waals surface area contributed by atoms with E-state index in [9.17, 15) is 9.59 Å². The molecule has 0 fully saturated rings. The molecular formula is C23H23N3O2. The lowest BCUT2D eigenvalue weighted by atomic mass is 10.0. The van der Waals surface area contributed by atoms with Crippen LogP contribution in [0.15, 0.2) is 71.6 Å². The second-order valence-electron chi connectivity index (χ2n) is 6.52. The Balaban J connectivity index is 2.38. The summed E-state index contributed by atoms with van der Waals surface area (Å²) in [5.74, 6) is 0.720. The standard InChI is InChI=1S/C23H23N3O2/c1-4-21-24-19-14-10-13-18(20(25(2)3)15-8-9-16-27)22(19)23(28)26(21)17-11-6-5-7-12-17/h5-16H,4H2,1-3H3/b9-8-,20-15-. The molecule has 0 atom stereocenters. The van der Waals surface area contributed by atoms with E-state index in [1.165, 1.54) is 6.08 Å². The van der Waals surface area contributed by atoms with Gasteiger partial charge in [0, 0.05) is 31.8 Å². The predicted octanol–water partition coefficient (Wildman–Crippen LogP) is 3.61. The predicted molar refractivity (Wildman–Crippen MR) is 114 cm³/mol. The fraction of sp³-hybridized carbons (Fsp3) is 0.174. The third kappa shape index (κ3) is 3.64. The molecule has 0 N–H and O–H groups in total. The molecule has 0 bridgehead atoms. The Bertz CT molecular complexity index is 1110. The van der Waals surface area contributed by atoms with Crippen LogP contribution >= 0.6 is 0 Å². The van der Waals surface area contributed by atoms with Crippen molar-refractivity contribution in [1.82, 2.24) is 14.5 Å². The molecule has 0 unspecified atom stereocenters. The van der Waals surface area contributed by atoms with E-state index < -0.39 is 0 Å². The zero-order chi connectivity index (χ0) is 20.1. The van der Waals surface area contributed by atoms with Gasteiger partial charge in [-0.15, -0.1) is 0 Å². The summed E-state index contributed by atoms with van der Waals surface area (Å²) in [5, 5.41) is 0.558. The Hall–Kier alpha value is -3.47. The van der Waals surface area contributed by atoms with Crippen molar-refractivity contribution < 1.29 is 4.79 Å². The second-order valence-corrected chi connectivity index (χ2v) is 6.52. The Labute approximate surface area is 164 Å². The maximum absolute atomic E-state index is 13.6. The van der Waals surface area contributed by atoms with Crippen LogP contribution in [0.25, 0.3) is 22.3 Å². The van der Waals surface area contributed by atoms with Gasteiger partial charge in [0.05, 0.1) is 16.6 Å². The third-order valence-electron chi connectivity index (χ3n) is 4.50. The van der Waals surface area contributed by atoms with Gasteiger partial charge in [-0.1, -0.05) is 43.3 Å². The van der Waals surface area contributed by atoms with Gasteiger partial charge in [0.2, 0.25) is 0 Å². The number of carbonyl (C=O) groups is 1. The topological polar surface area (TPSA) is 55.2 Å². The summed E-state index contributed by atoms with van der Waals surface area (Å²) in [6.45, 7) is 1.99. The van der Waals surface area contributed by atoms with E-state index in [0.29, 0.717) is 17.3 Å². The van der Waals surface area contributed by atoms with Crippen LogP contribution in [0, 0.1) is 0 Å². The van der Waals surface area contributed by atoms with Crippen LogP contribution < -0.4 is 5.56 Å². The summed E-state index contributed by atoms with van der Waals surface area (Å²) < 4.78 is 1.68. The molecule has 5 heteroatoms. The molecule has 0 aliphatic heterocycles. The number of hydrogen-bond acceptors (Lipinski definition) is 4. The first kappa shape index (κ1) is 19.3. The number of para-hydroxylation sites is 1. The SMILES string of the molecule is CCc1nc2cccc(/C(=C/C=C\C=O)N(C)C)c2c(=O)n1-c1ccccc1. The van der Waals surface area contributed by atoms with Crippen molar-refractivity contribution in [2.75, 3.05) is 14.1 Å². The van der Waals surface area contributed by atoms with Crippen LogP contribution in [0.5, 0.6) is 0 Å². The average molecular weight is 373 g/mol. The lowest BCUT2D eigenvalue weighted by Crippen LogP contribution is -2.25. The van der Waals surface area contributed by atoms with E-state index in [4.69, 9.17) is 4.98 Å². The summed E-state index contributed by atoms with van der Waals surface area (Å²) in [4.78, 5) is 30.9. The van der Waals surface area contributed by atoms with Crippen LogP contribution in [0.1, 0.15) is 18.3 Å². The van der Waals surface area contributed by atoms with Gasteiger partial charge in [0.25, 0.3) is 5.56 Å². The van der Waals surface area contributed by atoms with E-state index in [1.807, 2.05) is 80.5 Å². The second kappa shape index (κ2) is 8.48. The molecule has 1 aromatic heterocycles. The van der Waals surface area contributed by atoms with Gasteiger partial charge in [-0.05, 0) is 30.4 Å². The Morgan fingerprint density at radius 2 is 1.82 bits per heavy atom. The van der Waals surface area contributed by atoms with Crippen LogP contribution in [0.3, 0.4) is 0 Å². The van der Waals surface area contributed by atoms with Crippen molar-refractivity contribution in [2.24, 2.45) is 0 Å². The highest BCUT2D eigenvalue weighted by molar-refractivity contribution is 5.91. The minimum absolute atomic E-state index is 0.101. The minimum atomic E-state index is -0.101.